The molecule has 0 saturated heterocycles. The number of hydrogen-bond donors (Lipinski definition) is 1. The molecule has 0 aliphatic carbocycles. The lowest BCUT2D eigenvalue weighted by Crippen LogP contribution is -2.38. The van der Waals surface area contributed by atoms with Crippen molar-refractivity contribution in [3.05, 3.63) is 65.7 Å². The third kappa shape index (κ3) is 5.71. The van der Waals surface area contributed by atoms with Gasteiger partial charge in [-0.3, -0.25) is 14.2 Å². The molecule has 0 unspecified atom stereocenters. The van der Waals surface area contributed by atoms with Gasteiger partial charge in [0.15, 0.2) is 11.5 Å². The highest BCUT2D eigenvalue weighted by Crippen LogP contribution is 2.30. The lowest BCUT2D eigenvalue weighted by Gasteiger charge is -2.18. The first-order chi connectivity index (χ1) is 16.0. The highest BCUT2D eigenvalue weighted by atomic mass is 32.1. The fourth-order valence-electron chi connectivity index (χ4n) is 3.18. The lowest BCUT2D eigenvalue weighted by atomic mass is 10.2. The maximum atomic E-state index is 13.1. The van der Waals surface area contributed by atoms with Gasteiger partial charge in [0.05, 0.1) is 23.8 Å². The number of nitrogens with zero attached hydrogens (tertiary/aromatic N) is 1. The van der Waals surface area contributed by atoms with Crippen LogP contribution in [0, 0.1) is 0 Å². The van der Waals surface area contributed by atoms with E-state index in [1.54, 1.807) is 25.1 Å². The van der Waals surface area contributed by atoms with Crippen molar-refractivity contribution in [2.24, 2.45) is 0 Å². The molecule has 2 aromatic heterocycles. The maximum Gasteiger partial charge on any atom is 0.333 e. The number of thiophene rings is 1. The Hall–Kier alpha value is -3.37. The first kappa shape index (κ1) is 22.8. The van der Waals surface area contributed by atoms with Crippen molar-refractivity contribution in [2.45, 2.75) is 20.0 Å². The number of nitrogens with one attached hydrogen (secondary N) is 1. The second-order valence-corrected chi connectivity index (χ2v) is 9.09. The van der Waals surface area contributed by atoms with Crippen LogP contribution in [0.1, 0.15) is 17.4 Å². The Morgan fingerprint density at radius 2 is 2.03 bits per heavy atom. The molecule has 1 aromatic carbocycles. The van der Waals surface area contributed by atoms with Crippen LogP contribution in [-0.4, -0.2) is 36.3 Å². The molecule has 10 heteroatoms. The van der Waals surface area contributed by atoms with Crippen LogP contribution in [0.3, 0.4) is 0 Å². The minimum absolute atomic E-state index is 0.207. The number of esters is 1. The predicted molar refractivity (Wildman–Crippen MR) is 126 cm³/mol. The summed E-state index contributed by atoms with van der Waals surface area (Å²) in [6.07, 6.45) is 2.94. The van der Waals surface area contributed by atoms with E-state index in [9.17, 15) is 14.4 Å². The first-order valence-electron chi connectivity index (χ1n) is 10.3. The smallest absolute Gasteiger partial charge is 0.333 e. The molecule has 3 heterocycles. The van der Waals surface area contributed by atoms with Gasteiger partial charge in [-0.2, -0.15) is 0 Å². The monoisotopic (exact) mass is 486 g/mol. The van der Waals surface area contributed by atoms with Gasteiger partial charge < -0.3 is 19.5 Å². The predicted octanol–water partition coefficient (Wildman–Crippen LogP) is 1.23. The molecule has 0 atom stereocenters. The number of thiazole rings is 1. The number of carbonyl (C=O) groups excluding carboxylic acids is 2. The van der Waals surface area contributed by atoms with Gasteiger partial charge in [0.1, 0.15) is 24.4 Å². The van der Waals surface area contributed by atoms with Crippen molar-refractivity contribution >= 4 is 46.7 Å². The normalized spacial score (nSPS) is 13.7. The highest BCUT2D eigenvalue weighted by Gasteiger charge is 2.13. The van der Waals surface area contributed by atoms with Gasteiger partial charge in [0, 0.05) is 4.88 Å². The summed E-state index contributed by atoms with van der Waals surface area (Å²) in [7, 11) is 0. The summed E-state index contributed by atoms with van der Waals surface area (Å²) in [4.78, 5) is 38.7. The SMILES string of the molecule is CCOC(=O)/C=c1\s/c(=C/c2ccc3c(c2)OCCO3)c(=O)n1CC(=O)NCc1cccs1. The summed E-state index contributed by atoms with van der Waals surface area (Å²) in [6.45, 7) is 3.03. The van der Waals surface area contributed by atoms with Gasteiger partial charge in [0.2, 0.25) is 5.91 Å². The largest absolute Gasteiger partial charge is 0.486 e. The zero-order valence-electron chi connectivity index (χ0n) is 17.9. The Labute approximate surface area is 197 Å². The average Bonchev–Trinajstić information content (AvgIpc) is 3.42. The minimum atomic E-state index is -0.572. The van der Waals surface area contributed by atoms with E-state index in [4.69, 9.17) is 14.2 Å². The molecular formula is C23H22N2O6S2. The van der Waals surface area contributed by atoms with E-state index in [2.05, 4.69) is 5.32 Å². The van der Waals surface area contributed by atoms with Gasteiger partial charge >= 0.3 is 5.97 Å². The Morgan fingerprint density at radius 3 is 2.79 bits per heavy atom. The number of ether oxygens (including phenoxy) is 3. The molecule has 1 aliphatic rings. The molecule has 0 saturated carbocycles. The Kier molecular flexibility index (Phi) is 7.26. The zero-order chi connectivity index (χ0) is 23.2. The second kappa shape index (κ2) is 10.5. The third-order valence-electron chi connectivity index (χ3n) is 4.67. The van der Waals surface area contributed by atoms with Crippen molar-refractivity contribution < 1.29 is 23.8 Å². The number of amides is 1. The zero-order valence-corrected chi connectivity index (χ0v) is 19.5. The van der Waals surface area contributed by atoms with Crippen molar-refractivity contribution in [2.75, 3.05) is 19.8 Å². The van der Waals surface area contributed by atoms with Gasteiger partial charge in [0.25, 0.3) is 5.56 Å². The van der Waals surface area contributed by atoms with Gasteiger partial charge in [-0.1, -0.05) is 12.1 Å². The van der Waals surface area contributed by atoms with E-state index < -0.39 is 5.97 Å². The number of rotatable bonds is 7. The van der Waals surface area contributed by atoms with Gasteiger partial charge in [-0.05, 0) is 42.1 Å². The molecule has 0 fully saturated rings. The second-order valence-electron chi connectivity index (χ2n) is 7.00. The van der Waals surface area contributed by atoms with Crippen LogP contribution in [-0.2, 0) is 27.4 Å². The lowest BCUT2D eigenvalue weighted by molar-refractivity contribution is -0.135. The van der Waals surface area contributed by atoms with Crippen molar-refractivity contribution in [1.29, 1.82) is 0 Å². The number of fused-ring (bicyclic) bond motifs is 1. The molecule has 1 N–H and O–H groups in total. The van der Waals surface area contributed by atoms with Crippen LogP contribution in [0.25, 0.3) is 12.2 Å². The van der Waals surface area contributed by atoms with E-state index in [0.29, 0.717) is 40.5 Å². The summed E-state index contributed by atoms with van der Waals surface area (Å²) in [5.74, 6) is 0.365. The topological polar surface area (TPSA) is 95.9 Å². The van der Waals surface area contributed by atoms with E-state index in [1.165, 1.54) is 22.0 Å². The van der Waals surface area contributed by atoms with Crippen molar-refractivity contribution in [3.63, 3.8) is 0 Å². The van der Waals surface area contributed by atoms with Crippen LogP contribution in [0.2, 0.25) is 0 Å². The molecule has 33 heavy (non-hydrogen) atoms. The minimum Gasteiger partial charge on any atom is -0.486 e. The fourth-order valence-corrected chi connectivity index (χ4v) is 4.85. The van der Waals surface area contributed by atoms with Crippen molar-refractivity contribution in [1.82, 2.24) is 9.88 Å². The summed E-state index contributed by atoms with van der Waals surface area (Å²) in [5, 5.41) is 4.73. The maximum absolute atomic E-state index is 13.1. The fraction of sp³-hybridized carbons (Fsp3) is 0.261. The molecule has 0 spiro atoms. The van der Waals surface area contributed by atoms with Gasteiger partial charge in [-0.15, -0.1) is 22.7 Å². The molecule has 172 valence electrons. The molecule has 1 aliphatic heterocycles. The van der Waals surface area contributed by atoms with Crippen LogP contribution in [0.5, 0.6) is 11.5 Å². The Balaban J connectivity index is 1.66. The van der Waals surface area contributed by atoms with E-state index in [1.807, 2.05) is 23.6 Å². The highest BCUT2D eigenvalue weighted by molar-refractivity contribution is 7.09. The van der Waals surface area contributed by atoms with Crippen LogP contribution < -0.4 is 29.5 Å². The first-order valence-corrected chi connectivity index (χ1v) is 12.0. The van der Waals surface area contributed by atoms with Crippen LogP contribution in [0.4, 0.5) is 0 Å². The number of carbonyl (C=O) groups is 2. The molecule has 1 amide bonds. The molecule has 0 radical (unpaired) electrons. The molecule has 0 bridgehead atoms. The summed E-state index contributed by atoms with van der Waals surface area (Å²) < 4.78 is 18.1. The molecule has 3 aromatic rings. The molecular weight excluding hydrogens is 464 g/mol. The Bertz CT molecular complexity index is 1320. The number of aromatic nitrogens is 1. The van der Waals surface area contributed by atoms with Crippen LogP contribution >= 0.6 is 22.7 Å². The van der Waals surface area contributed by atoms with E-state index in [0.717, 1.165) is 21.8 Å². The summed E-state index contributed by atoms with van der Waals surface area (Å²) in [5.41, 5.74) is 0.381. The average molecular weight is 487 g/mol. The third-order valence-corrected chi connectivity index (χ3v) is 6.61. The standard InChI is InChI=1S/C23H22N2O6S2/c1-2-29-22(27)12-21-25(14-20(26)24-13-16-4-3-9-32-16)23(28)19(33-21)11-15-5-6-17-18(10-15)31-8-7-30-17/h3-6,9-12H,2,7-8,13-14H2,1H3,(H,24,26)/b19-11+,21-12-. The Morgan fingerprint density at radius 1 is 1.21 bits per heavy atom. The van der Waals surface area contributed by atoms with Crippen LogP contribution in [0.15, 0.2) is 40.5 Å². The summed E-state index contributed by atoms with van der Waals surface area (Å²) >= 11 is 2.65. The molecule has 8 nitrogen and oxygen atoms in total. The number of hydrogen-bond acceptors (Lipinski definition) is 8. The molecule has 4 rings (SSSR count). The quantitative estimate of drug-likeness (QED) is 0.505. The van der Waals surface area contributed by atoms with E-state index >= 15 is 0 Å². The number of benzene rings is 1. The summed E-state index contributed by atoms with van der Waals surface area (Å²) in [6, 6.07) is 9.22. The van der Waals surface area contributed by atoms with Gasteiger partial charge in [-0.25, -0.2) is 4.79 Å². The van der Waals surface area contributed by atoms with Crippen molar-refractivity contribution in [3.8, 4) is 11.5 Å². The van der Waals surface area contributed by atoms with E-state index in [-0.39, 0.29) is 24.6 Å².